The monoisotopic (exact) mass is 283 g/mol. The molecule has 0 aliphatic heterocycles. The Bertz CT molecular complexity index is 557. The summed E-state index contributed by atoms with van der Waals surface area (Å²) < 4.78 is 13.2. The molecule has 0 aromatic heterocycles. The molecule has 2 aromatic carbocycles. The van der Waals surface area contributed by atoms with Gasteiger partial charge in [0.25, 0.3) is 0 Å². The maximum Gasteiger partial charge on any atom is 0.123 e. The van der Waals surface area contributed by atoms with Gasteiger partial charge in [-0.3, -0.25) is 0 Å². The van der Waals surface area contributed by atoms with Crippen LogP contribution in [-0.2, 0) is 6.42 Å². The number of hydrogen-bond acceptors (Lipinski definition) is 1. The molecule has 0 radical (unpaired) electrons. The van der Waals surface area contributed by atoms with Crippen molar-refractivity contribution in [2.75, 3.05) is 0 Å². The topological polar surface area (TPSA) is 26.0 Å². The zero-order valence-electron chi connectivity index (χ0n) is 9.54. The number of hydrogen-bond donors (Lipinski definition) is 1. The standard InChI is InChI=1S/C14H12Cl2FN/c15-12-6-5-10(17)7-9(12)8-14(18)11-3-1-2-4-13(11)16/h1-7,14H,8,18H2. The van der Waals surface area contributed by atoms with Gasteiger partial charge in [0.15, 0.2) is 0 Å². The van der Waals surface area contributed by atoms with Crippen molar-refractivity contribution in [1.29, 1.82) is 0 Å². The molecule has 2 rings (SSSR count). The first-order chi connectivity index (χ1) is 8.58. The summed E-state index contributed by atoms with van der Waals surface area (Å²) in [6.07, 6.45) is 0.445. The van der Waals surface area contributed by atoms with Crippen LogP contribution < -0.4 is 5.73 Å². The van der Waals surface area contributed by atoms with Crippen molar-refractivity contribution in [1.82, 2.24) is 0 Å². The molecule has 0 saturated heterocycles. The summed E-state index contributed by atoms with van der Waals surface area (Å²) in [5, 5.41) is 1.12. The third-order valence-corrected chi connectivity index (χ3v) is 3.47. The molecule has 0 saturated carbocycles. The molecule has 94 valence electrons. The summed E-state index contributed by atoms with van der Waals surface area (Å²) in [6.45, 7) is 0. The summed E-state index contributed by atoms with van der Waals surface area (Å²) in [5.41, 5.74) is 7.60. The van der Waals surface area contributed by atoms with E-state index >= 15 is 0 Å². The second-order valence-electron chi connectivity index (χ2n) is 4.07. The van der Waals surface area contributed by atoms with E-state index in [1.165, 1.54) is 18.2 Å². The fraction of sp³-hybridized carbons (Fsp3) is 0.143. The highest BCUT2D eigenvalue weighted by Gasteiger charge is 2.12. The minimum atomic E-state index is -0.319. The molecule has 2 N–H and O–H groups in total. The van der Waals surface area contributed by atoms with Gasteiger partial charge in [-0.05, 0) is 41.8 Å². The summed E-state index contributed by atoms with van der Waals surface area (Å²) in [6, 6.07) is 11.3. The summed E-state index contributed by atoms with van der Waals surface area (Å²) in [4.78, 5) is 0. The fourth-order valence-electron chi connectivity index (χ4n) is 1.82. The van der Waals surface area contributed by atoms with Gasteiger partial charge >= 0.3 is 0 Å². The Kier molecular flexibility index (Phi) is 4.23. The molecular weight excluding hydrogens is 272 g/mol. The van der Waals surface area contributed by atoms with E-state index in [2.05, 4.69) is 0 Å². The lowest BCUT2D eigenvalue weighted by atomic mass is 9.99. The van der Waals surface area contributed by atoms with Crippen molar-refractivity contribution >= 4 is 23.2 Å². The van der Waals surface area contributed by atoms with Crippen molar-refractivity contribution < 1.29 is 4.39 Å². The van der Waals surface area contributed by atoms with Crippen LogP contribution in [0.3, 0.4) is 0 Å². The molecular formula is C14H12Cl2FN. The first-order valence-electron chi connectivity index (χ1n) is 5.52. The molecule has 0 amide bonds. The SMILES string of the molecule is NC(Cc1cc(F)ccc1Cl)c1ccccc1Cl. The first kappa shape index (κ1) is 13.3. The Morgan fingerprint density at radius 3 is 2.50 bits per heavy atom. The van der Waals surface area contributed by atoms with Crippen LogP contribution in [0.25, 0.3) is 0 Å². The van der Waals surface area contributed by atoms with Gasteiger partial charge in [0, 0.05) is 16.1 Å². The molecule has 2 aromatic rings. The molecule has 4 heteroatoms. The van der Waals surface area contributed by atoms with E-state index in [0.717, 1.165) is 5.56 Å². The molecule has 18 heavy (non-hydrogen) atoms. The molecule has 1 nitrogen and oxygen atoms in total. The lowest BCUT2D eigenvalue weighted by Crippen LogP contribution is -2.14. The number of halogens is 3. The second-order valence-corrected chi connectivity index (χ2v) is 4.88. The normalized spacial score (nSPS) is 12.4. The van der Waals surface area contributed by atoms with Crippen molar-refractivity contribution in [3.05, 3.63) is 69.5 Å². The number of benzene rings is 2. The molecule has 0 spiro atoms. The van der Waals surface area contributed by atoms with Crippen LogP contribution in [-0.4, -0.2) is 0 Å². The van der Waals surface area contributed by atoms with E-state index in [1.54, 1.807) is 6.07 Å². The first-order valence-corrected chi connectivity index (χ1v) is 6.27. The highest BCUT2D eigenvalue weighted by atomic mass is 35.5. The second kappa shape index (κ2) is 5.70. The smallest absolute Gasteiger partial charge is 0.123 e. The van der Waals surface area contributed by atoms with Gasteiger partial charge in [-0.1, -0.05) is 41.4 Å². The molecule has 1 unspecified atom stereocenters. The Labute approximate surface area is 115 Å². The molecule has 0 heterocycles. The summed E-state index contributed by atoms with van der Waals surface area (Å²) in [7, 11) is 0. The van der Waals surface area contributed by atoms with Gasteiger partial charge in [0.2, 0.25) is 0 Å². The van der Waals surface area contributed by atoms with E-state index in [9.17, 15) is 4.39 Å². The van der Waals surface area contributed by atoms with E-state index in [-0.39, 0.29) is 11.9 Å². The van der Waals surface area contributed by atoms with Gasteiger partial charge in [-0.15, -0.1) is 0 Å². The zero-order valence-corrected chi connectivity index (χ0v) is 11.0. The van der Waals surface area contributed by atoms with Gasteiger partial charge in [-0.25, -0.2) is 4.39 Å². The van der Waals surface area contributed by atoms with Crippen LogP contribution in [0.4, 0.5) is 4.39 Å². The minimum Gasteiger partial charge on any atom is -0.324 e. The van der Waals surface area contributed by atoms with Gasteiger partial charge in [0.05, 0.1) is 0 Å². The van der Waals surface area contributed by atoms with Crippen LogP contribution in [0.2, 0.25) is 10.0 Å². The highest BCUT2D eigenvalue weighted by Crippen LogP contribution is 2.26. The van der Waals surface area contributed by atoms with Crippen molar-refractivity contribution in [2.45, 2.75) is 12.5 Å². The number of nitrogens with two attached hydrogens (primary N) is 1. The molecule has 1 atom stereocenters. The Morgan fingerprint density at radius 2 is 1.78 bits per heavy atom. The van der Waals surface area contributed by atoms with E-state index in [4.69, 9.17) is 28.9 Å². The van der Waals surface area contributed by atoms with Crippen molar-refractivity contribution in [3.63, 3.8) is 0 Å². The van der Waals surface area contributed by atoms with Gasteiger partial charge < -0.3 is 5.73 Å². The van der Waals surface area contributed by atoms with Crippen LogP contribution in [0, 0.1) is 5.82 Å². The van der Waals surface area contributed by atoms with Crippen molar-refractivity contribution in [2.24, 2.45) is 5.73 Å². The summed E-state index contributed by atoms with van der Waals surface area (Å²) in [5.74, 6) is -0.319. The predicted octanol–water partition coefficient (Wildman–Crippen LogP) is 4.38. The van der Waals surface area contributed by atoms with Crippen LogP contribution in [0.1, 0.15) is 17.2 Å². The average Bonchev–Trinajstić information content (AvgIpc) is 2.34. The molecule has 0 aliphatic rings. The van der Waals surface area contributed by atoms with Crippen molar-refractivity contribution in [3.8, 4) is 0 Å². The highest BCUT2D eigenvalue weighted by molar-refractivity contribution is 6.31. The van der Waals surface area contributed by atoms with E-state index < -0.39 is 0 Å². The van der Waals surface area contributed by atoms with Crippen LogP contribution in [0.15, 0.2) is 42.5 Å². The van der Waals surface area contributed by atoms with Crippen LogP contribution in [0.5, 0.6) is 0 Å². The maximum atomic E-state index is 13.2. The van der Waals surface area contributed by atoms with Crippen LogP contribution >= 0.6 is 23.2 Å². The van der Waals surface area contributed by atoms with Gasteiger partial charge in [0.1, 0.15) is 5.82 Å². The Balaban J connectivity index is 2.24. The summed E-state index contributed by atoms with van der Waals surface area (Å²) >= 11 is 12.1. The lowest BCUT2D eigenvalue weighted by molar-refractivity contribution is 0.622. The van der Waals surface area contributed by atoms with E-state index in [0.29, 0.717) is 22.0 Å². The zero-order chi connectivity index (χ0) is 13.1. The third kappa shape index (κ3) is 3.02. The third-order valence-electron chi connectivity index (χ3n) is 2.75. The number of rotatable bonds is 3. The lowest BCUT2D eigenvalue weighted by Gasteiger charge is -2.14. The van der Waals surface area contributed by atoms with E-state index in [1.807, 2.05) is 18.2 Å². The molecule has 0 fully saturated rings. The maximum absolute atomic E-state index is 13.2. The Hall–Kier alpha value is -1.09. The predicted molar refractivity (Wildman–Crippen MR) is 73.5 cm³/mol. The van der Waals surface area contributed by atoms with Gasteiger partial charge in [-0.2, -0.15) is 0 Å². The fourth-order valence-corrected chi connectivity index (χ4v) is 2.29. The molecule has 0 bridgehead atoms. The average molecular weight is 284 g/mol. The molecule has 0 aliphatic carbocycles. The largest absolute Gasteiger partial charge is 0.324 e. The quantitative estimate of drug-likeness (QED) is 0.889. The minimum absolute atomic E-state index is 0.307. The Morgan fingerprint density at radius 1 is 1.06 bits per heavy atom.